The third-order valence-corrected chi connectivity index (χ3v) is 6.83. The molecule has 4 rings (SSSR count). The number of nitriles is 3. The Kier molecular flexibility index (Phi) is 4.76. The molecular weight excluding hydrogens is 409 g/mol. The van der Waals surface area contributed by atoms with E-state index >= 15 is 0 Å². The van der Waals surface area contributed by atoms with Crippen molar-refractivity contribution >= 4 is 5.90 Å². The highest BCUT2D eigenvalue weighted by molar-refractivity contribution is 5.89. The number of hydrogen-bond acceptors (Lipinski definition) is 6. The van der Waals surface area contributed by atoms with Crippen LogP contribution in [0.4, 0.5) is 13.2 Å². The number of hydrogen-bond donors (Lipinski definition) is 1. The molecule has 160 valence electrons. The monoisotopic (exact) mass is 428 g/mol. The fourth-order valence-electron chi connectivity index (χ4n) is 5.39. The fraction of sp³-hybridized carbons (Fsp3) is 0.545. The molecule has 4 atom stereocenters. The zero-order valence-electron chi connectivity index (χ0n) is 16.5. The maximum atomic E-state index is 13.3. The first kappa shape index (κ1) is 21.2. The van der Waals surface area contributed by atoms with E-state index in [0.29, 0.717) is 25.7 Å². The molecule has 0 spiro atoms. The largest absolute Gasteiger partial charge is 0.447 e. The van der Waals surface area contributed by atoms with Gasteiger partial charge in [-0.2, -0.15) is 29.0 Å². The normalized spacial score (nSPS) is 34.1. The van der Waals surface area contributed by atoms with Gasteiger partial charge in [-0.25, -0.2) is 0 Å². The van der Waals surface area contributed by atoms with Gasteiger partial charge in [0.15, 0.2) is 5.41 Å². The van der Waals surface area contributed by atoms with Crippen LogP contribution in [0.3, 0.4) is 0 Å². The molecule has 0 amide bonds. The molecule has 3 fully saturated rings. The van der Waals surface area contributed by atoms with E-state index in [0.717, 1.165) is 25.0 Å². The summed E-state index contributed by atoms with van der Waals surface area (Å²) in [4.78, 5) is 0. The number of rotatable bonds is 1. The van der Waals surface area contributed by atoms with Crippen molar-refractivity contribution in [3.05, 3.63) is 35.4 Å². The Morgan fingerprint density at radius 1 is 1.03 bits per heavy atom. The molecule has 31 heavy (non-hydrogen) atoms. The molecule has 1 aromatic carbocycles. The van der Waals surface area contributed by atoms with Crippen molar-refractivity contribution in [1.82, 2.24) is 0 Å². The van der Waals surface area contributed by atoms with Gasteiger partial charge in [-0.1, -0.05) is 31.4 Å². The number of nitrogens with zero attached hydrogens (tertiary/aromatic N) is 3. The minimum absolute atomic E-state index is 0.0456. The number of halogens is 3. The Bertz CT molecular complexity index is 1040. The second-order valence-corrected chi connectivity index (χ2v) is 8.32. The van der Waals surface area contributed by atoms with Crippen LogP contribution in [0.25, 0.3) is 0 Å². The molecule has 2 bridgehead atoms. The lowest BCUT2D eigenvalue weighted by Crippen LogP contribution is -2.59. The molecule has 4 unspecified atom stereocenters. The van der Waals surface area contributed by atoms with Crippen molar-refractivity contribution in [3.8, 4) is 18.2 Å². The number of ether oxygens (including phenoxy) is 2. The van der Waals surface area contributed by atoms with Crippen LogP contribution < -0.4 is 0 Å². The first-order valence-corrected chi connectivity index (χ1v) is 10.1. The van der Waals surface area contributed by atoms with Crippen LogP contribution in [0.1, 0.15) is 55.8 Å². The Labute approximate surface area is 177 Å². The van der Waals surface area contributed by atoms with E-state index in [4.69, 9.17) is 14.9 Å². The standard InChI is InChI=1S/C22H19F3N4O2/c23-22(24,25)15-7-5-6-14(10-15)17-19(11-26,12-27)20(13-28)16-8-3-1-2-4-9-21(16,30-17)31-18(20)29/h5-7,10,16-17,29H,1-4,8-9H2. The molecule has 0 radical (unpaired) electrons. The number of nitrogens with one attached hydrogen (secondary N) is 1. The molecule has 2 saturated heterocycles. The highest BCUT2D eigenvalue weighted by Crippen LogP contribution is 2.68. The Morgan fingerprint density at radius 2 is 1.74 bits per heavy atom. The number of alkyl halides is 3. The second kappa shape index (κ2) is 6.97. The molecule has 1 N–H and O–H groups in total. The molecule has 1 saturated carbocycles. The fourth-order valence-corrected chi connectivity index (χ4v) is 5.39. The summed E-state index contributed by atoms with van der Waals surface area (Å²) in [6, 6.07) is 10.0. The third kappa shape index (κ3) is 2.68. The van der Waals surface area contributed by atoms with Crippen molar-refractivity contribution in [3.63, 3.8) is 0 Å². The number of benzene rings is 1. The smallest absolute Gasteiger partial charge is 0.416 e. The van der Waals surface area contributed by atoms with Gasteiger partial charge >= 0.3 is 6.18 Å². The van der Waals surface area contributed by atoms with Gasteiger partial charge < -0.3 is 9.47 Å². The van der Waals surface area contributed by atoms with E-state index in [9.17, 15) is 29.0 Å². The Hall–Kier alpha value is -3.09. The van der Waals surface area contributed by atoms with Gasteiger partial charge in [0.2, 0.25) is 17.1 Å². The predicted octanol–water partition coefficient (Wildman–Crippen LogP) is 4.99. The van der Waals surface area contributed by atoms with Gasteiger partial charge in [-0.05, 0) is 30.5 Å². The molecule has 1 aliphatic carbocycles. The van der Waals surface area contributed by atoms with Crippen molar-refractivity contribution in [1.29, 1.82) is 21.2 Å². The zero-order valence-corrected chi connectivity index (χ0v) is 16.5. The molecular formula is C22H19F3N4O2. The molecule has 3 aliphatic rings. The highest BCUT2D eigenvalue weighted by Gasteiger charge is 2.80. The van der Waals surface area contributed by atoms with Gasteiger partial charge in [0, 0.05) is 6.42 Å². The van der Waals surface area contributed by atoms with Crippen LogP contribution in [0.5, 0.6) is 0 Å². The summed E-state index contributed by atoms with van der Waals surface area (Å²) in [5, 5.41) is 39.1. The zero-order chi connectivity index (χ0) is 22.5. The summed E-state index contributed by atoms with van der Waals surface area (Å²) in [6.45, 7) is 0. The van der Waals surface area contributed by atoms with E-state index in [1.165, 1.54) is 12.1 Å². The first-order chi connectivity index (χ1) is 14.7. The highest BCUT2D eigenvalue weighted by atomic mass is 19.4. The van der Waals surface area contributed by atoms with Crippen molar-refractivity contribution in [2.75, 3.05) is 0 Å². The maximum Gasteiger partial charge on any atom is 0.416 e. The van der Waals surface area contributed by atoms with Gasteiger partial charge in [0.25, 0.3) is 0 Å². The molecule has 2 heterocycles. The minimum atomic E-state index is -4.64. The van der Waals surface area contributed by atoms with Crippen LogP contribution in [-0.2, 0) is 15.7 Å². The van der Waals surface area contributed by atoms with Gasteiger partial charge in [0.05, 0.1) is 29.7 Å². The average Bonchev–Trinajstić information content (AvgIpc) is 2.90. The van der Waals surface area contributed by atoms with E-state index < -0.39 is 46.3 Å². The van der Waals surface area contributed by atoms with Gasteiger partial charge in [-0.3, -0.25) is 5.41 Å². The van der Waals surface area contributed by atoms with Gasteiger partial charge in [0.1, 0.15) is 6.10 Å². The van der Waals surface area contributed by atoms with Crippen LogP contribution in [-0.4, -0.2) is 11.7 Å². The van der Waals surface area contributed by atoms with Crippen LogP contribution in [0.15, 0.2) is 24.3 Å². The quantitative estimate of drug-likeness (QED) is 0.677. The Morgan fingerprint density at radius 3 is 2.39 bits per heavy atom. The molecule has 9 heteroatoms. The lowest BCUT2D eigenvalue weighted by Gasteiger charge is -2.50. The molecule has 1 aromatic rings. The van der Waals surface area contributed by atoms with Crippen molar-refractivity contribution in [2.45, 2.75) is 56.6 Å². The summed E-state index contributed by atoms with van der Waals surface area (Å²) in [5.41, 5.74) is -5.18. The van der Waals surface area contributed by atoms with Crippen molar-refractivity contribution < 1.29 is 22.6 Å². The summed E-state index contributed by atoms with van der Waals surface area (Å²) >= 11 is 0. The lowest BCUT2D eigenvalue weighted by atomic mass is 9.52. The third-order valence-electron chi connectivity index (χ3n) is 6.83. The molecule has 0 aromatic heterocycles. The van der Waals surface area contributed by atoms with Crippen LogP contribution >= 0.6 is 0 Å². The first-order valence-electron chi connectivity index (χ1n) is 10.1. The summed E-state index contributed by atoms with van der Waals surface area (Å²) < 4.78 is 52.1. The second-order valence-electron chi connectivity index (χ2n) is 8.32. The van der Waals surface area contributed by atoms with E-state index in [-0.39, 0.29) is 5.56 Å². The summed E-state index contributed by atoms with van der Waals surface area (Å²) in [5.74, 6) is -2.68. The van der Waals surface area contributed by atoms with Crippen LogP contribution in [0.2, 0.25) is 0 Å². The SMILES string of the molecule is N#CC1(C#N)C(c2cccc(C(F)(F)F)c2)OC23CCCCCCC2C1(C#N)C(=N)O3. The summed E-state index contributed by atoms with van der Waals surface area (Å²) in [7, 11) is 0. The van der Waals surface area contributed by atoms with Crippen molar-refractivity contribution in [2.24, 2.45) is 16.7 Å². The minimum Gasteiger partial charge on any atom is -0.447 e. The average molecular weight is 428 g/mol. The topological polar surface area (TPSA) is 114 Å². The predicted molar refractivity (Wildman–Crippen MR) is 99.7 cm³/mol. The molecule has 6 nitrogen and oxygen atoms in total. The van der Waals surface area contributed by atoms with Crippen LogP contribution in [0, 0.1) is 56.2 Å². The van der Waals surface area contributed by atoms with E-state index in [1.807, 2.05) is 18.2 Å². The Balaban J connectivity index is 1.97. The van der Waals surface area contributed by atoms with E-state index in [1.54, 1.807) is 0 Å². The summed E-state index contributed by atoms with van der Waals surface area (Å²) in [6.07, 6.45) is -2.23. The molecule has 2 aliphatic heterocycles. The van der Waals surface area contributed by atoms with Gasteiger partial charge in [-0.15, -0.1) is 0 Å². The van der Waals surface area contributed by atoms with E-state index in [2.05, 4.69) is 0 Å². The maximum absolute atomic E-state index is 13.3. The lowest BCUT2D eigenvalue weighted by molar-refractivity contribution is -0.289.